The maximum Gasteiger partial charge on any atom is 0.266 e. The summed E-state index contributed by atoms with van der Waals surface area (Å²) in [6, 6.07) is 14.5. The Hall–Kier alpha value is -2.71. The molecule has 4 rings (SSSR count). The van der Waals surface area contributed by atoms with E-state index in [1.165, 1.54) is 12.1 Å². The van der Waals surface area contributed by atoms with Gasteiger partial charge in [0.2, 0.25) is 9.84 Å². The van der Waals surface area contributed by atoms with Crippen molar-refractivity contribution < 1.29 is 21.6 Å². The van der Waals surface area contributed by atoms with Crippen molar-refractivity contribution in [2.45, 2.75) is 34.5 Å². The lowest BCUT2D eigenvalue weighted by molar-refractivity contribution is 0.0983. The fraction of sp³-hybridized carbons (Fsp3) is 0.150. The molecular formula is C20H17NO5S2. The van der Waals surface area contributed by atoms with Crippen molar-refractivity contribution in [3.63, 3.8) is 0 Å². The van der Waals surface area contributed by atoms with Gasteiger partial charge in [-0.1, -0.05) is 50.2 Å². The maximum atomic E-state index is 13.4. The lowest BCUT2D eigenvalue weighted by atomic mass is 9.97. The molecule has 1 N–H and O–H groups in total. The highest BCUT2D eigenvalue weighted by Gasteiger charge is 2.37. The lowest BCUT2D eigenvalue weighted by Gasteiger charge is -2.14. The van der Waals surface area contributed by atoms with Gasteiger partial charge in [0, 0.05) is 5.39 Å². The van der Waals surface area contributed by atoms with Crippen molar-refractivity contribution in [3.8, 4) is 0 Å². The normalized spacial score (nSPS) is 15.6. The zero-order valence-corrected chi connectivity index (χ0v) is 16.8. The van der Waals surface area contributed by atoms with Gasteiger partial charge in [-0.25, -0.2) is 21.6 Å². The van der Waals surface area contributed by atoms with Gasteiger partial charge in [-0.05, 0) is 35.1 Å². The molecule has 1 heterocycles. The Morgan fingerprint density at radius 3 is 2.36 bits per heavy atom. The fourth-order valence-electron chi connectivity index (χ4n) is 3.46. The van der Waals surface area contributed by atoms with E-state index in [4.69, 9.17) is 0 Å². The Balaban J connectivity index is 2.05. The van der Waals surface area contributed by atoms with E-state index in [1.807, 2.05) is 22.9 Å². The number of fused-ring (bicyclic) bond motifs is 2. The first kappa shape index (κ1) is 18.6. The Labute approximate surface area is 163 Å². The van der Waals surface area contributed by atoms with Gasteiger partial charge in [0.15, 0.2) is 0 Å². The van der Waals surface area contributed by atoms with Crippen LogP contribution in [0.1, 0.15) is 35.7 Å². The number of hydrogen-bond donors (Lipinski definition) is 1. The molecule has 28 heavy (non-hydrogen) atoms. The molecule has 0 radical (unpaired) electrons. The number of rotatable bonds is 3. The minimum atomic E-state index is -4.08. The number of nitrogens with one attached hydrogen (secondary N) is 1. The summed E-state index contributed by atoms with van der Waals surface area (Å²) < 4.78 is 53.4. The van der Waals surface area contributed by atoms with E-state index in [-0.39, 0.29) is 26.2 Å². The molecular weight excluding hydrogens is 398 g/mol. The van der Waals surface area contributed by atoms with Crippen LogP contribution >= 0.6 is 0 Å². The molecule has 6 nitrogen and oxygen atoms in total. The second kappa shape index (κ2) is 6.15. The quantitative estimate of drug-likeness (QED) is 0.708. The topological polar surface area (TPSA) is 97.4 Å². The van der Waals surface area contributed by atoms with Gasteiger partial charge in [0.1, 0.15) is 4.90 Å². The van der Waals surface area contributed by atoms with Gasteiger partial charge in [0.05, 0.1) is 15.4 Å². The monoisotopic (exact) mass is 415 g/mol. The summed E-state index contributed by atoms with van der Waals surface area (Å²) in [7, 11) is -8.10. The predicted molar refractivity (Wildman–Crippen MR) is 105 cm³/mol. The second-order valence-corrected chi connectivity index (χ2v) is 10.5. The number of hydrogen-bond acceptors (Lipinski definition) is 5. The first-order chi connectivity index (χ1) is 13.1. The number of sulfonamides is 1. The van der Waals surface area contributed by atoms with E-state index < -0.39 is 25.8 Å². The molecule has 0 unspecified atom stereocenters. The minimum Gasteiger partial charge on any atom is -0.268 e. The summed E-state index contributed by atoms with van der Waals surface area (Å²) in [5, 5.41) is 1.31. The number of benzene rings is 3. The SMILES string of the molecule is CC(C)c1cc(S(=O)(=O)c2cccc3ccccc23)cc2c1C(=O)NS2(=O)=O. The number of carbonyl (C=O) groups is 1. The Kier molecular flexibility index (Phi) is 4.09. The van der Waals surface area contributed by atoms with Gasteiger partial charge < -0.3 is 0 Å². The lowest BCUT2D eigenvalue weighted by Crippen LogP contribution is -2.21. The third-order valence-electron chi connectivity index (χ3n) is 4.82. The molecule has 0 aliphatic carbocycles. The van der Waals surface area contributed by atoms with Gasteiger partial charge >= 0.3 is 0 Å². The van der Waals surface area contributed by atoms with Crippen LogP contribution < -0.4 is 4.72 Å². The van der Waals surface area contributed by atoms with Crippen molar-refractivity contribution in [2.24, 2.45) is 0 Å². The van der Waals surface area contributed by atoms with Gasteiger partial charge in [-0.15, -0.1) is 0 Å². The second-order valence-electron chi connectivity index (χ2n) is 6.96. The third kappa shape index (κ3) is 2.71. The summed E-state index contributed by atoms with van der Waals surface area (Å²) in [6.45, 7) is 3.56. The number of sulfone groups is 1. The van der Waals surface area contributed by atoms with Crippen LogP contribution in [0, 0.1) is 0 Å². The van der Waals surface area contributed by atoms with Crippen molar-refractivity contribution in [1.29, 1.82) is 0 Å². The van der Waals surface area contributed by atoms with Crippen LogP contribution in [0.2, 0.25) is 0 Å². The standard InChI is InChI=1S/C20H17NO5S2/c1-12(2)16-10-14(11-18-19(16)20(22)21-28(18,25)26)27(23,24)17-9-5-7-13-6-3-4-8-15(13)17/h3-12H,1-2H3,(H,21,22). The highest BCUT2D eigenvalue weighted by Crippen LogP contribution is 2.36. The number of amides is 1. The molecule has 0 fully saturated rings. The largest absolute Gasteiger partial charge is 0.268 e. The molecule has 1 aliphatic heterocycles. The van der Waals surface area contributed by atoms with E-state index in [9.17, 15) is 21.6 Å². The van der Waals surface area contributed by atoms with Crippen LogP contribution in [0.4, 0.5) is 0 Å². The summed E-state index contributed by atoms with van der Waals surface area (Å²) in [5.41, 5.74) is 0.404. The van der Waals surface area contributed by atoms with Crippen molar-refractivity contribution in [2.75, 3.05) is 0 Å². The van der Waals surface area contributed by atoms with Crippen molar-refractivity contribution >= 4 is 36.5 Å². The van der Waals surface area contributed by atoms with Crippen molar-refractivity contribution in [1.82, 2.24) is 4.72 Å². The molecule has 0 spiro atoms. The van der Waals surface area contributed by atoms with Crippen molar-refractivity contribution in [3.05, 3.63) is 65.7 Å². The highest BCUT2D eigenvalue weighted by atomic mass is 32.2. The van der Waals surface area contributed by atoms with Gasteiger partial charge in [0.25, 0.3) is 15.9 Å². The molecule has 144 valence electrons. The highest BCUT2D eigenvalue weighted by molar-refractivity contribution is 7.92. The molecule has 0 saturated carbocycles. The Morgan fingerprint density at radius 2 is 1.64 bits per heavy atom. The zero-order chi connectivity index (χ0) is 20.3. The molecule has 0 aromatic heterocycles. The predicted octanol–water partition coefficient (Wildman–Crippen LogP) is 3.23. The zero-order valence-electron chi connectivity index (χ0n) is 15.1. The fourth-order valence-corrected chi connectivity index (χ4v) is 6.30. The minimum absolute atomic E-state index is 0.0202. The molecule has 0 atom stereocenters. The van der Waals surface area contributed by atoms with E-state index in [2.05, 4.69) is 0 Å². The van der Waals surface area contributed by atoms with Crippen LogP contribution in [-0.4, -0.2) is 22.7 Å². The van der Waals surface area contributed by atoms with Gasteiger partial charge in [-0.3, -0.25) is 4.79 Å². The van der Waals surface area contributed by atoms with Crippen LogP contribution in [-0.2, 0) is 19.9 Å². The van der Waals surface area contributed by atoms with Crippen LogP contribution in [0.5, 0.6) is 0 Å². The average Bonchev–Trinajstić information content (AvgIpc) is 2.89. The third-order valence-corrected chi connectivity index (χ3v) is 7.97. The smallest absolute Gasteiger partial charge is 0.266 e. The van der Waals surface area contributed by atoms with E-state index in [0.717, 1.165) is 11.5 Å². The van der Waals surface area contributed by atoms with Crippen LogP contribution in [0.25, 0.3) is 10.8 Å². The number of carbonyl (C=O) groups excluding carboxylic acids is 1. The molecule has 3 aromatic carbocycles. The first-order valence-electron chi connectivity index (χ1n) is 8.61. The summed E-state index contributed by atoms with van der Waals surface area (Å²) >= 11 is 0. The van der Waals surface area contributed by atoms with E-state index in [0.29, 0.717) is 10.9 Å². The molecule has 3 aromatic rings. The summed E-state index contributed by atoms with van der Waals surface area (Å²) in [5.74, 6) is -0.969. The Morgan fingerprint density at radius 1 is 0.964 bits per heavy atom. The van der Waals surface area contributed by atoms with Crippen LogP contribution in [0.15, 0.2) is 69.3 Å². The molecule has 8 heteroatoms. The van der Waals surface area contributed by atoms with Gasteiger partial charge in [-0.2, -0.15) is 0 Å². The molecule has 0 bridgehead atoms. The average molecular weight is 415 g/mol. The molecule has 1 amide bonds. The molecule has 0 saturated heterocycles. The summed E-state index contributed by atoms with van der Waals surface area (Å²) in [6.07, 6.45) is 0. The Bertz CT molecular complexity index is 1350. The van der Waals surface area contributed by atoms with E-state index in [1.54, 1.807) is 32.0 Å². The molecule has 1 aliphatic rings. The van der Waals surface area contributed by atoms with Crippen LogP contribution in [0.3, 0.4) is 0 Å². The van der Waals surface area contributed by atoms with E-state index >= 15 is 0 Å². The first-order valence-corrected chi connectivity index (χ1v) is 11.6. The maximum absolute atomic E-state index is 13.4. The summed E-state index contributed by atoms with van der Waals surface area (Å²) in [4.78, 5) is 11.8.